The van der Waals surface area contributed by atoms with Gasteiger partial charge in [-0.05, 0) is 24.0 Å². The molecule has 0 spiro atoms. The van der Waals surface area contributed by atoms with E-state index in [2.05, 4.69) is 92.3 Å². The minimum atomic E-state index is -0.00998. The van der Waals surface area contributed by atoms with E-state index in [0.29, 0.717) is 5.92 Å². The molecule has 0 N–H and O–H groups in total. The van der Waals surface area contributed by atoms with Crippen LogP contribution in [0.1, 0.15) is 88.1 Å². The Morgan fingerprint density at radius 1 is 0.839 bits per heavy atom. The Balaban J connectivity index is 1.85. The van der Waals surface area contributed by atoms with Crippen LogP contribution in [-0.2, 0) is 18.9 Å². The molecule has 3 aromatic rings. The molecule has 3 rings (SSSR count). The van der Waals surface area contributed by atoms with Gasteiger partial charge in [-0.3, -0.25) is 0 Å². The first kappa shape index (κ1) is 23.3. The van der Waals surface area contributed by atoms with Gasteiger partial charge in [0, 0.05) is 30.8 Å². The van der Waals surface area contributed by atoms with Gasteiger partial charge in [0.25, 0.3) is 0 Å². The van der Waals surface area contributed by atoms with E-state index < -0.39 is 0 Å². The van der Waals surface area contributed by atoms with Crippen LogP contribution in [0, 0.1) is 0 Å². The number of aryl methyl sites for hydroxylation is 1. The van der Waals surface area contributed by atoms with Crippen LogP contribution < -0.4 is 0 Å². The van der Waals surface area contributed by atoms with Crippen LogP contribution in [0.4, 0.5) is 0 Å². The number of aromatic nitrogens is 2. The number of rotatable bonds is 13. The van der Waals surface area contributed by atoms with Gasteiger partial charge in [-0.1, -0.05) is 119 Å². The van der Waals surface area contributed by atoms with Crippen molar-refractivity contribution in [2.24, 2.45) is 7.05 Å². The lowest BCUT2D eigenvalue weighted by Crippen LogP contribution is -2.34. The molecule has 2 heteroatoms. The number of unbranched alkanes of at least 4 members (excludes halogenated alkanes) is 6. The number of nitrogens with zero attached hydrogens (tertiary/aromatic N) is 2. The summed E-state index contributed by atoms with van der Waals surface area (Å²) < 4.78 is 2.23. The van der Waals surface area contributed by atoms with E-state index in [9.17, 15) is 0 Å². The molecule has 0 bridgehead atoms. The van der Waals surface area contributed by atoms with E-state index in [1.165, 1.54) is 68.3 Å². The highest BCUT2D eigenvalue weighted by atomic mass is 15.0. The van der Waals surface area contributed by atoms with Crippen molar-refractivity contribution in [1.82, 2.24) is 9.55 Å². The Morgan fingerprint density at radius 2 is 1.45 bits per heavy atom. The summed E-state index contributed by atoms with van der Waals surface area (Å²) in [6.07, 6.45) is 15.6. The van der Waals surface area contributed by atoms with Crippen LogP contribution in [0.3, 0.4) is 0 Å². The highest BCUT2D eigenvalue weighted by molar-refractivity contribution is 5.33. The second-order valence-corrected chi connectivity index (χ2v) is 9.30. The molecule has 0 aliphatic heterocycles. The van der Waals surface area contributed by atoms with Crippen molar-refractivity contribution in [3.05, 3.63) is 90.0 Å². The van der Waals surface area contributed by atoms with E-state index >= 15 is 0 Å². The fourth-order valence-electron chi connectivity index (χ4n) is 5.02. The van der Waals surface area contributed by atoms with Gasteiger partial charge in [-0.15, -0.1) is 0 Å². The molecule has 1 aromatic heterocycles. The van der Waals surface area contributed by atoms with E-state index in [1.54, 1.807) is 0 Å². The molecule has 0 aliphatic carbocycles. The zero-order valence-electron chi connectivity index (χ0n) is 19.8. The number of benzene rings is 2. The first-order chi connectivity index (χ1) is 15.1. The smallest absolute Gasteiger partial charge is 0.112 e. The molecule has 1 heterocycles. The Kier molecular flexibility index (Phi) is 8.94. The van der Waals surface area contributed by atoms with E-state index in [0.717, 1.165) is 6.42 Å². The molecular formula is C29H40N2. The predicted molar refractivity (Wildman–Crippen MR) is 132 cm³/mol. The van der Waals surface area contributed by atoms with Crippen molar-refractivity contribution in [3.8, 4) is 0 Å². The third kappa shape index (κ3) is 6.32. The average molecular weight is 417 g/mol. The quantitative estimate of drug-likeness (QED) is 0.259. The lowest BCUT2D eigenvalue weighted by molar-refractivity contribution is 0.326. The monoisotopic (exact) mass is 416 g/mol. The Bertz CT molecular complexity index is 868. The van der Waals surface area contributed by atoms with Gasteiger partial charge in [0.15, 0.2) is 0 Å². The molecule has 166 valence electrons. The van der Waals surface area contributed by atoms with Gasteiger partial charge in [-0.2, -0.15) is 0 Å². The van der Waals surface area contributed by atoms with Crippen molar-refractivity contribution >= 4 is 0 Å². The SMILES string of the molecule is CCCCCCCCCC(c1nccn1C)C(C)(Cc1ccccc1)c1ccccc1. The molecule has 0 saturated carbocycles. The third-order valence-corrected chi connectivity index (χ3v) is 6.88. The van der Waals surface area contributed by atoms with Crippen LogP contribution in [0.15, 0.2) is 73.1 Å². The summed E-state index contributed by atoms with van der Waals surface area (Å²) in [5.74, 6) is 1.60. The number of hydrogen-bond donors (Lipinski definition) is 0. The van der Waals surface area contributed by atoms with Crippen LogP contribution in [0.2, 0.25) is 0 Å². The first-order valence-electron chi connectivity index (χ1n) is 12.2. The van der Waals surface area contributed by atoms with Crippen molar-refractivity contribution in [1.29, 1.82) is 0 Å². The van der Waals surface area contributed by atoms with Crippen molar-refractivity contribution < 1.29 is 0 Å². The van der Waals surface area contributed by atoms with Gasteiger partial charge in [0.2, 0.25) is 0 Å². The number of imidazole rings is 1. The third-order valence-electron chi connectivity index (χ3n) is 6.88. The van der Waals surface area contributed by atoms with E-state index in [-0.39, 0.29) is 5.41 Å². The van der Waals surface area contributed by atoms with Gasteiger partial charge in [-0.25, -0.2) is 4.98 Å². The Labute approximate surface area is 189 Å². The predicted octanol–water partition coefficient (Wildman–Crippen LogP) is 7.85. The minimum absolute atomic E-state index is 0.00998. The van der Waals surface area contributed by atoms with Gasteiger partial charge in [0.1, 0.15) is 5.82 Å². The molecule has 0 saturated heterocycles. The molecule has 0 amide bonds. The molecule has 31 heavy (non-hydrogen) atoms. The summed E-state index contributed by atoms with van der Waals surface area (Å²) in [7, 11) is 2.15. The zero-order valence-corrected chi connectivity index (χ0v) is 19.8. The molecule has 2 atom stereocenters. The highest BCUT2D eigenvalue weighted by Gasteiger charge is 2.38. The summed E-state index contributed by atoms with van der Waals surface area (Å²) in [6.45, 7) is 4.74. The molecule has 2 nitrogen and oxygen atoms in total. The van der Waals surface area contributed by atoms with Gasteiger partial charge < -0.3 is 4.57 Å². The van der Waals surface area contributed by atoms with Crippen LogP contribution >= 0.6 is 0 Å². The largest absolute Gasteiger partial charge is 0.338 e. The fourth-order valence-corrected chi connectivity index (χ4v) is 5.02. The fraction of sp³-hybridized carbons (Fsp3) is 0.483. The Hall–Kier alpha value is -2.35. The lowest BCUT2D eigenvalue weighted by Gasteiger charge is -2.39. The maximum Gasteiger partial charge on any atom is 0.112 e. The van der Waals surface area contributed by atoms with Crippen LogP contribution in [0.25, 0.3) is 0 Å². The van der Waals surface area contributed by atoms with Gasteiger partial charge >= 0.3 is 0 Å². The van der Waals surface area contributed by atoms with Crippen molar-refractivity contribution in [3.63, 3.8) is 0 Å². The summed E-state index contributed by atoms with van der Waals surface area (Å²) in [5, 5.41) is 0. The summed E-state index contributed by atoms with van der Waals surface area (Å²) in [4.78, 5) is 4.85. The Morgan fingerprint density at radius 3 is 2.06 bits per heavy atom. The average Bonchev–Trinajstić information content (AvgIpc) is 3.22. The summed E-state index contributed by atoms with van der Waals surface area (Å²) >= 11 is 0. The minimum Gasteiger partial charge on any atom is -0.338 e. The molecule has 2 aromatic carbocycles. The first-order valence-corrected chi connectivity index (χ1v) is 12.2. The van der Waals surface area contributed by atoms with Crippen LogP contribution in [-0.4, -0.2) is 9.55 Å². The molecule has 0 fully saturated rings. The maximum absolute atomic E-state index is 4.85. The summed E-state index contributed by atoms with van der Waals surface area (Å²) in [5.41, 5.74) is 2.80. The molecular weight excluding hydrogens is 376 g/mol. The van der Waals surface area contributed by atoms with E-state index in [1.807, 2.05) is 6.20 Å². The van der Waals surface area contributed by atoms with E-state index in [4.69, 9.17) is 4.98 Å². The topological polar surface area (TPSA) is 17.8 Å². The second kappa shape index (κ2) is 11.9. The lowest BCUT2D eigenvalue weighted by atomic mass is 9.66. The number of hydrogen-bond acceptors (Lipinski definition) is 1. The standard InChI is InChI=1S/C29H40N2/c1-4-5-6-7-8-9-16-21-27(28-30-22-23-31(28)3)29(2,26-19-14-11-15-20-26)24-25-17-12-10-13-18-25/h10-15,17-20,22-23,27H,4-9,16,21,24H2,1-3H3. The normalized spacial score (nSPS) is 14.3. The van der Waals surface area contributed by atoms with Crippen molar-refractivity contribution in [2.75, 3.05) is 0 Å². The maximum atomic E-state index is 4.85. The second-order valence-electron chi connectivity index (χ2n) is 9.30. The molecule has 2 unspecified atom stereocenters. The summed E-state index contributed by atoms with van der Waals surface area (Å²) in [6, 6.07) is 22.1. The van der Waals surface area contributed by atoms with Crippen molar-refractivity contribution in [2.45, 2.75) is 83.0 Å². The zero-order chi connectivity index (χ0) is 21.9. The van der Waals surface area contributed by atoms with Crippen LogP contribution in [0.5, 0.6) is 0 Å². The van der Waals surface area contributed by atoms with Gasteiger partial charge in [0.05, 0.1) is 0 Å². The molecule has 0 radical (unpaired) electrons. The highest BCUT2D eigenvalue weighted by Crippen LogP contribution is 2.44. The molecule has 0 aliphatic rings.